The number of carboxylic acid groups (broad SMARTS) is 4. The van der Waals surface area contributed by atoms with Gasteiger partial charge in [-0.15, -0.1) is 0 Å². The van der Waals surface area contributed by atoms with E-state index in [0.29, 0.717) is 92.3 Å². The fraction of sp³-hybridized carbons (Fsp3) is 0.218. The van der Waals surface area contributed by atoms with Crippen molar-refractivity contribution in [2.45, 2.75) is 65.8 Å². The minimum Gasteiger partial charge on any atom is -0.497 e. The van der Waals surface area contributed by atoms with Gasteiger partial charge in [-0.2, -0.15) is 73.7 Å². The number of hydrogen-bond acceptors (Lipinski definition) is 27. The molecule has 4 heterocycles. The van der Waals surface area contributed by atoms with Crippen molar-refractivity contribution in [1.29, 1.82) is 21.0 Å². The number of pyridine rings is 4. The van der Waals surface area contributed by atoms with Gasteiger partial charge in [-0.05, 0) is 95.1 Å². The van der Waals surface area contributed by atoms with Crippen molar-refractivity contribution in [3.8, 4) is 115 Å². The fourth-order valence-corrected chi connectivity index (χ4v) is 16.5. The Morgan fingerprint density at radius 1 is 0.293 bits per heavy atom. The van der Waals surface area contributed by atoms with Crippen LogP contribution in [0, 0.1) is 45.3 Å². The molecule has 0 saturated heterocycles. The van der Waals surface area contributed by atoms with Crippen LogP contribution in [-0.4, -0.2) is 197 Å². The first-order valence-electron chi connectivity index (χ1n) is 41.7. The van der Waals surface area contributed by atoms with Gasteiger partial charge in [-0.25, -0.2) is 19.9 Å². The smallest absolute Gasteiger partial charge is 0.417 e. The van der Waals surface area contributed by atoms with Crippen molar-refractivity contribution in [2.75, 3.05) is 99.2 Å². The van der Waals surface area contributed by atoms with E-state index in [1.54, 1.807) is 188 Å². The molecule has 4 atom stereocenters. The molecule has 0 aliphatic rings. The Bertz CT molecular complexity index is 5950. The van der Waals surface area contributed by atoms with E-state index in [-0.39, 0.29) is 88.1 Å². The third kappa shape index (κ3) is 33.9. The summed E-state index contributed by atoms with van der Waals surface area (Å²) in [5.74, 6) is -2.62. The number of halogens is 12. The van der Waals surface area contributed by atoms with Crippen LogP contribution in [0.3, 0.4) is 0 Å². The van der Waals surface area contributed by atoms with Gasteiger partial charge in [-0.3, -0.25) is 33.6 Å². The van der Waals surface area contributed by atoms with Gasteiger partial charge in [0.25, 0.3) is 0 Å². The number of nitriles is 4. The molecule has 0 radical (unpaired) electrons. The van der Waals surface area contributed by atoms with Crippen molar-refractivity contribution >= 4 is 90.2 Å². The molecule has 12 aromatic rings. The molecule has 0 saturated carbocycles. The highest BCUT2D eigenvalue weighted by Crippen LogP contribution is 2.51. The van der Waals surface area contributed by atoms with Crippen molar-refractivity contribution < 1.29 is 145 Å². The third-order valence-corrected chi connectivity index (χ3v) is 24.1. The number of aromatic nitrogens is 4. The van der Waals surface area contributed by atoms with Crippen molar-refractivity contribution in [2.24, 2.45) is 0 Å². The normalized spacial score (nSPS) is 11.5. The molecule has 46 heteroatoms. The second-order valence-corrected chi connectivity index (χ2v) is 34.2. The molecule has 770 valence electrons. The molecule has 8 aromatic carbocycles. The molecule has 30 nitrogen and oxygen atoms in total. The van der Waals surface area contributed by atoms with Crippen LogP contribution in [0.2, 0.25) is 0 Å². The van der Waals surface area contributed by atoms with Crippen LogP contribution >= 0.6 is 47.0 Å². The molecule has 0 fully saturated rings. The van der Waals surface area contributed by atoms with Gasteiger partial charge < -0.3 is 73.0 Å². The summed E-state index contributed by atoms with van der Waals surface area (Å²) in [7, 11) is 21.2. The predicted octanol–water partition coefficient (Wildman–Crippen LogP) is 21.4. The zero-order valence-corrected chi connectivity index (χ0v) is 83.1. The highest BCUT2D eigenvalue weighted by molar-refractivity contribution is 8.01. The Balaban J connectivity index is 0.000000285. The molecule has 3 amide bonds. The maximum atomic E-state index is 13.9. The van der Waals surface area contributed by atoms with Crippen LogP contribution in [0.15, 0.2) is 238 Å². The van der Waals surface area contributed by atoms with E-state index >= 15 is 0 Å². The van der Waals surface area contributed by atoms with E-state index in [1.807, 2.05) is 0 Å². The van der Waals surface area contributed by atoms with Crippen molar-refractivity contribution in [1.82, 2.24) is 34.6 Å². The highest BCUT2D eigenvalue weighted by atomic mass is 32.2. The van der Waals surface area contributed by atoms with E-state index in [4.69, 9.17) is 37.9 Å². The molecule has 4 unspecified atom stereocenters. The van der Waals surface area contributed by atoms with Gasteiger partial charge in [0.2, 0.25) is 19.2 Å². The third-order valence-electron chi connectivity index (χ3n) is 19.2. The zero-order chi connectivity index (χ0) is 110. The van der Waals surface area contributed by atoms with Gasteiger partial charge in [-0.1, -0.05) is 168 Å². The summed E-state index contributed by atoms with van der Waals surface area (Å²) >= 11 is 2.25. The number of hydrogen-bond donors (Lipinski definition) is 4. The van der Waals surface area contributed by atoms with E-state index in [2.05, 4.69) is 19.9 Å². The summed E-state index contributed by atoms with van der Waals surface area (Å²) in [6.45, 7) is 0. The lowest BCUT2D eigenvalue weighted by molar-refractivity contribution is -0.138. The summed E-state index contributed by atoms with van der Waals surface area (Å²) < 4.78 is 208. The Kier molecular flexibility index (Phi) is 45.4. The van der Waals surface area contributed by atoms with Crippen LogP contribution in [0.1, 0.15) is 87.8 Å². The minimum absolute atomic E-state index is 0.125. The van der Waals surface area contributed by atoms with E-state index in [1.165, 1.54) is 144 Å². The Hall–Kier alpha value is -16.4. The first-order valence-corrected chi connectivity index (χ1v) is 45.2. The molecule has 12 rings (SSSR count). The molecule has 4 N–H and O–H groups in total. The number of rotatable bonds is 31. The number of ether oxygens (including phenoxy) is 8. The molecular formula is C101H89F12N11O19S4. The zero-order valence-electron chi connectivity index (χ0n) is 79.8. The standard InChI is InChI=1S/4C23H17F3N2O4S.3C3H7NO/c4*1-31-14-8-9-15(19(10-14)32-2)18-11-17(23(24,25)26)16(12-27)21(28-18)33-20(22(29)30)13-6-4-3-5-7-13;3*1-4(2)3-5/h4*3-11,20H,1-2H3,(H,29,30);3*3H,1-2H3. The molecule has 0 aliphatic carbocycles. The number of thioether (sulfide) groups is 4. The number of alkyl halides is 12. The number of carbonyl (C=O) groups excluding carboxylic acids is 3. The topological polar surface area (TPSA) is 431 Å². The number of nitrogens with zero attached hydrogens (tertiary/aromatic N) is 11. The fourth-order valence-electron chi connectivity index (χ4n) is 12.3. The monoisotopic (exact) mass is 2120 g/mol. The Morgan fingerprint density at radius 2 is 0.456 bits per heavy atom. The van der Waals surface area contributed by atoms with Gasteiger partial charge in [0.15, 0.2) is 0 Å². The number of carbonyl (C=O) groups is 7. The molecule has 147 heavy (non-hydrogen) atoms. The van der Waals surface area contributed by atoms with Gasteiger partial charge in [0, 0.05) is 88.8 Å². The summed E-state index contributed by atoms with van der Waals surface area (Å²) in [6.07, 6.45) is -17.2. The summed E-state index contributed by atoms with van der Waals surface area (Å²) in [4.78, 5) is 97.3. The number of benzene rings is 8. The molecule has 0 aliphatic heterocycles. The number of amides is 3. The average molecular weight is 2120 g/mol. The largest absolute Gasteiger partial charge is 0.497 e. The number of carboxylic acids is 4. The highest BCUT2D eigenvalue weighted by Gasteiger charge is 2.43. The van der Waals surface area contributed by atoms with Crippen LogP contribution in [-0.2, 0) is 58.3 Å². The second kappa shape index (κ2) is 56.0. The lowest BCUT2D eigenvalue weighted by Gasteiger charge is -2.18. The predicted molar refractivity (Wildman–Crippen MR) is 520 cm³/mol. The van der Waals surface area contributed by atoms with Crippen molar-refractivity contribution in [3.05, 3.63) is 285 Å². The second-order valence-electron chi connectivity index (χ2n) is 29.8. The lowest BCUT2D eigenvalue weighted by atomic mass is 10.0. The van der Waals surface area contributed by atoms with E-state index in [9.17, 15) is 128 Å². The summed E-state index contributed by atoms with van der Waals surface area (Å²) in [6, 6.07) is 59.2. The van der Waals surface area contributed by atoms with E-state index in [0.717, 1.165) is 43.5 Å². The molecule has 4 aromatic heterocycles. The quantitative estimate of drug-likeness (QED) is 0.0178. The maximum absolute atomic E-state index is 13.9. The van der Waals surface area contributed by atoms with Gasteiger partial charge in [0.05, 0.1) is 124 Å². The van der Waals surface area contributed by atoms with Gasteiger partial charge in [0.1, 0.15) is 111 Å². The summed E-state index contributed by atoms with van der Waals surface area (Å²) in [5.41, 5.74) is -6.05. The van der Waals surface area contributed by atoms with Crippen LogP contribution < -0.4 is 37.9 Å². The SMILES string of the molecule is CN(C)C=O.CN(C)C=O.CN(C)C=O.COc1ccc(-c2cc(C(F)(F)F)c(C#N)c(SC(C(=O)O)c3ccccc3)n2)c(OC)c1.COc1ccc(-c2cc(C(F)(F)F)c(C#N)c(SC(C(=O)O)c3ccccc3)n2)c(OC)c1.COc1ccc(-c2cc(C(F)(F)F)c(C#N)c(SC(C(=O)O)c3ccccc3)n2)c(OC)c1.COc1ccc(-c2cc(C(F)(F)F)c(C#N)c(SC(C(=O)O)c3ccccc3)n2)c(OC)c1. The summed E-state index contributed by atoms with van der Waals surface area (Å²) in [5, 5.41) is 70.5. The van der Waals surface area contributed by atoms with Gasteiger partial charge >= 0.3 is 48.6 Å². The lowest BCUT2D eigenvalue weighted by Crippen LogP contribution is -2.13. The molecular weight excluding hydrogens is 2030 g/mol. The number of aliphatic carboxylic acids is 4. The molecule has 0 spiro atoms. The first-order chi connectivity index (χ1) is 69.6. The average Bonchev–Trinajstić information content (AvgIpc) is 0.783. The Morgan fingerprint density at radius 3 is 0.578 bits per heavy atom. The Labute approximate surface area is 851 Å². The van der Waals surface area contributed by atoms with Crippen LogP contribution in [0.5, 0.6) is 46.0 Å². The first kappa shape index (κ1) is 119. The van der Waals surface area contributed by atoms with Crippen LogP contribution in [0.4, 0.5) is 52.7 Å². The van der Waals surface area contributed by atoms with Crippen LogP contribution in [0.25, 0.3) is 45.0 Å². The number of methoxy groups -OCH3 is 8. The maximum Gasteiger partial charge on any atom is 0.417 e. The molecule has 0 bridgehead atoms. The minimum atomic E-state index is -4.87. The van der Waals surface area contributed by atoms with Crippen molar-refractivity contribution in [3.63, 3.8) is 0 Å². The van der Waals surface area contributed by atoms with E-state index < -0.39 is 114 Å².